The fourth-order valence-corrected chi connectivity index (χ4v) is 16.2. The van der Waals surface area contributed by atoms with Gasteiger partial charge in [0.05, 0.1) is 22.8 Å². The molecule has 0 bridgehead atoms. The minimum absolute atomic E-state index is 0.603. The third kappa shape index (κ3) is 9.05. The third-order valence-electron chi connectivity index (χ3n) is 19.6. The number of benzene rings is 8. The standard InChI is InChI=1S/C75H67N5/c1-5-17-53(18-6-1)65-47-67(78-74(76-65)58-21-9-3-10-22-58)55-35-29-49(30-36-55)51-33-39-57(40-34-51)71-62-26-14-13-25-61(62)63-45-46-70-72(73(63)71)64-27-15-16-28-69(64)80(70)60-43-41-52(42-44-60)50-31-37-56(38-32-50)68-48-66(54-19-7-2-8-20-54)77-75(79-68)59-23-11-4-12-24-59/h1-12,17-24,29-44,47-48,61-64,69-73H,13-16,25-28,45-46H2. The summed E-state index contributed by atoms with van der Waals surface area (Å²) < 4.78 is 0. The van der Waals surface area contributed by atoms with E-state index in [4.69, 9.17) is 19.9 Å². The lowest BCUT2D eigenvalue weighted by Gasteiger charge is -2.44. The maximum Gasteiger partial charge on any atom is 0.160 e. The van der Waals surface area contributed by atoms with E-state index in [1.165, 1.54) is 92.1 Å². The molecule has 0 amide bonds. The highest BCUT2D eigenvalue weighted by molar-refractivity contribution is 5.77. The Morgan fingerprint density at radius 3 is 1.12 bits per heavy atom. The molecule has 5 fully saturated rings. The van der Waals surface area contributed by atoms with Gasteiger partial charge in [-0.15, -0.1) is 0 Å². The predicted octanol–water partition coefficient (Wildman–Crippen LogP) is 18.6. The van der Waals surface area contributed by atoms with Gasteiger partial charge in [0, 0.05) is 51.2 Å². The summed E-state index contributed by atoms with van der Waals surface area (Å²) >= 11 is 0. The number of rotatable bonds is 10. The molecule has 0 spiro atoms. The normalized spacial score (nSPS) is 23.9. The molecule has 80 heavy (non-hydrogen) atoms. The van der Waals surface area contributed by atoms with Crippen molar-refractivity contribution in [3.8, 4) is 90.1 Å². The molecule has 9 atom stereocenters. The van der Waals surface area contributed by atoms with Crippen molar-refractivity contribution in [3.05, 3.63) is 236 Å². The van der Waals surface area contributed by atoms with Gasteiger partial charge >= 0.3 is 0 Å². The van der Waals surface area contributed by atoms with E-state index >= 15 is 0 Å². The molecule has 1 aliphatic heterocycles. The first-order chi connectivity index (χ1) is 39.6. The zero-order valence-electron chi connectivity index (χ0n) is 45.4. The molecule has 5 nitrogen and oxygen atoms in total. The van der Waals surface area contributed by atoms with Crippen molar-refractivity contribution in [3.63, 3.8) is 0 Å². The van der Waals surface area contributed by atoms with Gasteiger partial charge in [0.25, 0.3) is 0 Å². The van der Waals surface area contributed by atoms with Crippen LogP contribution in [0.3, 0.4) is 0 Å². The summed E-state index contributed by atoms with van der Waals surface area (Å²) in [6, 6.07) is 84.9. The van der Waals surface area contributed by atoms with Crippen LogP contribution in [0.25, 0.3) is 90.1 Å². The fraction of sp³-hybridized carbons (Fsp3) is 0.253. The van der Waals surface area contributed by atoms with Crippen molar-refractivity contribution in [1.29, 1.82) is 0 Å². The van der Waals surface area contributed by atoms with Crippen LogP contribution < -0.4 is 4.90 Å². The van der Waals surface area contributed by atoms with E-state index < -0.39 is 0 Å². The van der Waals surface area contributed by atoms with Gasteiger partial charge in [0.2, 0.25) is 0 Å². The Bertz CT molecular complexity index is 3640. The van der Waals surface area contributed by atoms with Crippen molar-refractivity contribution in [2.24, 2.45) is 35.5 Å². The van der Waals surface area contributed by atoms with Gasteiger partial charge in [-0.3, -0.25) is 0 Å². The molecule has 0 N–H and O–H groups in total. The van der Waals surface area contributed by atoms with Crippen LogP contribution in [0.1, 0.15) is 75.7 Å². The summed E-state index contributed by atoms with van der Waals surface area (Å²) in [4.78, 5) is 23.3. The molecule has 2 aromatic heterocycles. The number of aromatic nitrogens is 4. The van der Waals surface area contributed by atoms with E-state index in [0.29, 0.717) is 18.0 Å². The summed E-state index contributed by atoms with van der Waals surface area (Å²) in [6.45, 7) is 0. The van der Waals surface area contributed by atoms with Crippen LogP contribution >= 0.6 is 0 Å². The van der Waals surface area contributed by atoms with Crippen LogP contribution in [0, 0.1) is 35.5 Å². The van der Waals surface area contributed by atoms with Crippen molar-refractivity contribution < 1.29 is 0 Å². The quantitative estimate of drug-likeness (QED) is 0.137. The molecular formula is C75H67N5. The molecule has 15 rings (SSSR count). The third-order valence-corrected chi connectivity index (χ3v) is 19.6. The van der Waals surface area contributed by atoms with Gasteiger partial charge in [-0.05, 0) is 132 Å². The van der Waals surface area contributed by atoms with Gasteiger partial charge < -0.3 is 4.90 Å². The van der Waals surface area contributed by atoms with Crippen molar-refractivity contribution in [2.75, 3.05) is 4.90 Å². The number of anilines is 1. The highest BCUT2D eigenvalue weighted by atomic mass is 15.2. The minimum Gasteiger partial charge on any atom is -0.365 e. The molecule has 8 aromatic carbocycles. The molecule has 5 heteroatoms. The van der Waals surface area contributed by atoms with E-state index in [1.54, 1.807) is 5.56 Å². The molecule has 3 heterocycles. The summed E-state index contributed by atoms with van der Waals surface area (Å²) in [5.74, 6) is 6.88. The lowest BCUT2D eigenvalue weighted by Crippen LogP contribution is -2.44. The van der Waals surface area contributed by atoms with Crippen LogP contribution in [-0.4, -0.2) is 32.0 Å². The van der Waals surface area contributed by atoms with E-state index in [-0.39, 0.29) is 0 Å². The topological polar surface area (TPSA) is 54.8 Å². The summed E-state index contributed by atoms with van der Waals surface area (Å²) in [5.41, 5.74) is 18.2. The second kappa shape index (κ2) is 21.1. The average Bonchev–Trinajstić information content (AvgIpc) is 4.29. The minimum atomic E-state index is 0.603. The van der Waals surface area contributed by atoms with Gasteiger partial charge in [-0.2, -0.15) is 0 Å². The Kier molecular flexibility index (Phi) is 12.9. The molecular weight excluding hydrogens is 971 g/mol. The van der Waals surface area contributed by atoms with Crippen LogP contribution in [0.15, 0.2) is 231 Å². The van der Waals surface area contributed by atoms with Gasteiger partial charge in [-0.25, -0.2) is 19.9 Å². The first-order valence-electron chi connectivity index (χ1n) is 29.8. The average molecular weight is 1040 g/mol. The largest absolute Gasteiger partial charge is 0.365 e. The summed E-state index contributed by atoms with van der Waals surface area (Å²) in [5, 5.41) is 0. The van der Waals surface area contributed by atoms with Crippen LogP contribution in [0.4, 0.5) is 5.69 Å². The molecule has 392 valence electrons. The zero-order valence-corrected chi connectivity index (χ0v) is 45.4. The van der Waals surface area contributed by atoms with Gasteiger partial charge in [0.15, 0.2) is 11.6 Å². The van der Waals surface area contributed by atoms with Gasteiger partial charge in [0.1, 0.15) is 0 Å². The number of nitrogens with zero attached hydrogens (tertiary/aromatic N) is 5. The highest BCUT2D eigenvalue weighted by Gasteiger charge is 2.62. The SMILES string of the molecule is c1ccc(-c2cc(-c3ccc(-c4ccc(C5C6CCCCC6C6CCC7C(C8CCCCC8N7c7ccc(-c8ccc(-c9cc(-c%10ccccc%10)nc(-c%10ccccc%10)n9)cc8)cc7)C65)cc4)cc3)nc(-c3ccccc3)n2)cc1. The Balaban J connectivity index is 0.696. The zero-order chi connectivity index (χ0) is 52.9. The highest BCUT2D eigenvalue weighted by Crippen LogP contribution is 2.67. The first kappa shape index (κ1) is 48.8. The van der Waals surface area contributed by atoms with Crippen LogP contribution in [0.5, 0.6) is 0 Å². The number of hydrogen-bond acceptors (Lipinski definition) is 5. The Hall–Kier alpha value is -8.28. The first-order valence-corrected chi connectivity index (χ1v) is 29.8. The molecule has 4 aliphatic carbocycles. The Morgan fingerprint density at radius 2 is 0.650 bits per heavy atom. The molecule has 9 unspecified atom stereocenters. The molecule has 4 saturated carbocycles. The number of hydrogen-bond donors (Lipinski definition) is 0. The summed E-state index contributed by atoms with van der Waals surface area (Å²) in [6.07, 6.45) is 13.8. The van der Waals surface area contributed by atoms with E-state index in [2.05, 4.69) is 223 Å². The van der Waals surface area contributed by atoms with Crippen LogP contribution in [0.2, 0.25) is 0 Å². The van der Waals surface area contributed by atoms with Gasteiger partial charge in [-0.1, -0.05) is 232 Å². The van der Waals surface area contributed by atoms with Crippen molar-refractivity contribution >= 4 is 5.69 Å². The number of fused-ring (bicyclic) bond motifs is 7. The van der Waals surface area contributed by atoms with Crippen molar-refractivity contribution in [1.82, 2.24) is 19.9 Å². The Morgan fingerprint density at radius 1 is 0.275 bits per heavy atom. The monoisotopic (exact) mass is 1040 g/mol. The second-order valence-electron chi connectivity index (χ2n) is 23.7. The van der Waals surface area contributed by atoms with E-state index in [0.717, 1.165) is 103 Å². The molecule has 0 radical (unpaired) electrons. The fourth-order valence-electron chi connectivity index (χ4n) is 16.2. The van der Waals surface area contributed by atoms with E-state index in [1.807, 2.05) is 12.1 Å². The maximum atomic E-state index is 5.12. The van der Waals surface area contributed by atoms with Crippen molar-refractivity contribution in [2.45, 2.75) is 82.2 Å². The lowest BCUT2D eigenvalue weighted by molar-refractivity contribution is 0.0925. The molecule has 10 aromatic rings. The molecule has 5 aliphatic rings. The maximum absolute atomic E-state index is 5.12. The second-order valence-corrected chi connectivity index (χ2v) is 23.7. The smallest absolute Gasteiger partial charge is 0.160 e. The molecule has 1 saturated heterocycles. The van der Waals surface area contributed by atoms with E-state index in [9.17, 15) is 0 Å². The Labute approximate surface area is 471 Å². The lowest BCUT2D eigenvalue weighted by atomic mass is 9.61. The summed E-state index contributed by atoms with van der Waals surface area (Å²) in [7, 11) is 0. The predicted molar refractivity (Wildman–Crippen MR) is 327 cm³/mol. The van der Waals surface area contributed by atoms with Crippen LogP contribution in [-0.2, 0) is 0 Å².